The Morgan fingerprint density at radius 3 is 2.76 bits per heavy atom. The summed E-state index contributed by atoms with van der Waals surface area (Å²) < 4.78 is 40.3. The summed E-state index contributed by atoms with van der Waals surface area (Å²) in [5.74, 6) is -2.13. The molecule has 0 aromatic heterocycles. The van der Waals surface area contributed by atoms with Gasteiger partial charge >= 0.3 is 0 Å². The molecule has 0 fully saturated rings. The normalized spacial score (nSPS) is 15.1. The third kappa shape index (κ3) is 2.61. The van der Waals surface area contributed by atoms with E-state index >= 15 is 0 Å². The quantitative estimate of drug-likeness (QED) is 0.941. The molecule has 1 atom stereocenters. The second kappa shape index (κ2) is 5.41. The Bertz CT molecular complexity index is 673. The van der Waals surface area contributed by atoms with Crippen molar-refractivity contribution in [1.29, 1.82) is 0 Å². The van der Waals surface area contributed by atoms with E-state index in [4.69, 9.17) is 5.73 Å². The average Bonchev–Trinajstić information content (AvgIpc) is 2.84. The van der Waals surface area contributed by atoms with Gasteiger partial charge in [0.05, 0.1) is 6.04 Å². The van der Waals surface area contributed by atoms with Gasteiger partial charge in [-0.15, -0.1) is 0 Å². The maximum Gasteiger partial charge on any atom is 0.163 e. The minimum Gasteiger partial charge on any atom is -0.369 e. The highest BCUT2D eigenvalue weighted by molar-refractivity contribution is 5.58. The molecule has 1 aliphatic heterocycles. The van der Waals surface area contributed by atoms with Gasteiger partial charge in [0.25, 0.3) is 0 Å². The number of anilines is 1. The predicted molar refractivity (Wildman–Crippen MR) is 75.6 cm³/mol. The first-order valence-electron chi connectivity index (χ1n) is 6.79. The van der Waals surface area contributed by atoms with Crippen LogP contribution in [-0.4, -0.2) is 13.1 Å². The highest BCUT2D eigenvalue weighted by Gasteiger charge is 2.23. The van der Waals surface area contributed by atoms with Crippen molar-refractivity contribution in [2.24, 2.45) is 5.73 Å². The number of hydrogen-bond donors (Lipinski definition) is 1. The van der Waals surface area contributed by atoms with Crippen molar-refractivity contribution < 1.29 is 13.2 Å². The van der Waals surface area contributed by atoms with Gasteiger partial charge in [-0.3, -0.25) is 0 Å². The van der Waals surface area contributed by atoms with Crippen molar-refractivity contribution in [3.63, 3.8) is 0 Å². The number of benzene rings is 2. The fraction of sp³-hybridized carbons (Fsp3) is 0.250. The molecule has 0 radical (unpaired) electrons. The van der Waals surface area contributed by atoms with Crippen molar-refractivity contribution >= 4 is 5.69 Å². The van der Waals surface area contributed by atoms with Crippen LogP contribution in [0.5, 0.6) is 0 Å². The lowest BCUT2D eigenvalue weighted by Crippen LogP contribution is -2.31. The predicted octanol–water partition coefficient (Wildman–Crippen LogP) is 3.17. The lowest BCUT2D eigenvalue weighted by atomic mass is 10.1. The summed E-state index contributed by atoms with van der Waals surface area (Å²) in [4.78, 5) is 1.91. The Balaban J connectivity index is 1.82. The monoisotopic (exact) mass is 292 g/mol. The maximum absolute atomic E-state index is 13.8. The van der Waals surface area contributed by atoms with E-state index in [0.717, 1.165) is 23.7 Å². The second-order valence-corrected chi connectivity index (χ2v) is 5.22. The van der Waals surface area contributed by atoms with Crippen molar-refractivity contribution in [2.45, 2.75) is 12.5 Å². The lowest BCUT2D eigenvalue weighted by Gasteiger charge is -2.24. The highest BCUT2D eigenvalue weighted by Crippen LogP contribution is 2.30. The Hall–Kier alpha value is -2.01. The van der Waals surface area contributed by atoms with Crippen molar-refractivity contribution in [3.8, 4) is 0 Å². The number of fused-ring (bicyclic) bond motifs is 1. The molecular weight excluding hydrogens is 277 g/mol. The van der Waals surface area contributed by atoms with Crippen LogP contribution < -0.4 is 10.6 Å². The first-order chi connectivity index (χ1) is 10.1. The van der Waals surface area contributed by atoms with Gasteiger partial charge in [0, 0.05) is 24.3 Å². The standard InChI is InChI=1S/C16H15F3N2/c17-11-5-4-10-6-7-21(15(10)8-11)9-14(20)12-2-1-3-13(18)16(12)19/h1-5,8,14H,6-7,9,20H2. The van der Waals surface area contributed by atoms with E-state index in [0.29, 0.717) is 13.1 Å². The van der Waals surface area contributed by atoms with Gasteiger partial charge in [-0.2, -0.15) is 0 Å². The molecule has 1 aliphatic rings. The molecule has 0 saturated heterocycles. The van der Waals surface area contributed by atoms with Crippen LogP contribution in [0, 0.1) is 17.5 Å². The molecule has 21 heavy (non-hydrogen) atoms. The summed E-state index contributed by atoms with van der Waals surface area (Å²) in [7, 11) is 0. The number of rotatable bonds is 3. The SMILES string of the molecule is NC(CN1CCc2ccc(F)cc21)c1cccc(F)c1F. The zero-order chi connectivity index (χ0) is 15.0. The first-order valence-corrected chi connectivity index (χ1v) is 6.79. The van der Waals surface area contributed by atoms with Crippen LogP contribution >= 0.6 is 0 Å². The molecule has 3 rings (SSSR count). The molecule has 1 unspecified atom stereocenters. The zero-order valence-electron chi connectivity index (χ0n) is 11.3. The molecule has 2 N–H and O–H groups in total. The van der Waals surface area contributed by atoms with Crippen molar-refractivity contribution in [3.05, 3.63) is 65.0 Å². The number of nitrogens with two attached hydrogens (primary N) is 1. The van der Waals surface area contributed by atoms with Crippen molar-refractivity contribution in [2.75, 3.05) is 18.0 Å². The Labute approximate surface area is 121 Å². The van der Waals surface area contributed by atoms with Crippen LogP contribution in [0.25, 0.3) is 0 Å². The van der Waals surface area contributed by atoms with E-state index in [1.54, 1.807) is 6.07 Å². The van der Waals surface area contributed by atoms with E-state index in [9.17, 15) is 13.2 Å². The number of halogens is 3. The zero-order valence-corrected chi connectivity index (χ0v) is 11.3. The van der Waals surface area contributed by atoms with Crippen LogP contribution in [0.3, 0.4) is 0 Å². The smallest absolute Gasteiger partial charge is 0.163 e. The van der Waals surface area contributed by atoms with Gasteiger partial charge in [0.2, 0.25) is 0 Å². The summed E-state index contributed by atoms with van der Waals surface area (Å²) >= 11 is 0. The number of nitrogens with zero attached hydrogens (tertiary/aromatic N) is 1. The summed E-state index contributed by atoms with van der Waals surface area (Å²) in [6.07, 6.45) is 0.800. The summed E-state index contributed by atoms with van der Waals surface area (Å²) in [5.41, 5.74) is 7.96. The first kappa shape index (κ1) is 13.9. The van der Waals surface area contributed by atoms with Gasteiger partial charge in [0.15, 0.2) is 11.6 Å². The molecule has 0 spiro atoms. The number of hydrogen-bond acceptors (Lipinski definition) is 2. The van der Waals surface area contributed by atoms with E-state index < -0.39 is 17.7 Å². The molecular formula is C16H15F3N2. The Morgan fingerprint density at radius 2 is 1.95 bits per heavy atom. The second-order valence-electron chi connectivity index (χ2n) is 5.22. The average molecular weight is 292 g/mol. The molecule has 2 aromatic carbocycles. The largest absolute Gasteiger partial charge is 0.369 e. The maximum atomic E-state index is 13.8. The third-order valence-electron chi connectivity index (χ3n) is 3.84. The van der Waals surface area contributed by atoms with Gasteiger partial charge in [-0.25, -0.2) is 13.2 Å². The van der Waals surface area contributed by atoms with Crippen molar-refractivity contribution in [1.82, 2.24) is 0 Å². The van der Waals surface area contributed by atoms with Gasteiger partial charge in [0.1, 0.15) is 5.82 Å². The fourth-order valence-electron chi connectivity index (χ4n) is 2.75. The van der Waals surface area contributed by atoms with Crippen LogP contribution in [0.2, 0.25) is 0 Å². The molecule has 0 bridgehead atoms. The third-order valence-corrected chi connectivity index (χ3v) is 3.84. The molecule has 5 heteroatoms. The van der Waals surface area contributed by atoms with E-state index in [1.807, 2.05) is 4.90 Å². The van der Waals surface area contributed by atoms with Crippen LogP contribution in [0.1, 0.15) is 17.2 Å². The molecule has 2 nitrogen and oxygen atoms in total. The van der Waals surface area contributed by atoms with Gasteiger partial charge in [-0.05, 0) is 30.2 Å². The molecule has 0 aliphatic carbocycles. The molecule has 1 heterocycles. The minimum atomic E-state index is -0.913. The summed E-state index contributed by atoms with van der Waals surface area (Å²) in [5, 5.41) is 0. The van der Waals surface area contributed by atoms with Crippen LogP contribution in [0.15, 0.2) is 36.4 Å². The van der Waals surface area contributed by atoms with Crippen LogP contribution in [-0.2, 0) is 6.42 Å². The lowest BCUT2D eigenvalue weighted by molar-refractivity contribution is 0.487. The molecule has 110 valence electrons. The summed E-state index contributed by atoms with van der Waals surface area (Å²) in [6.45, 7) is 1.01. The molecule has 2 aromatic rings. The minimum absolute atomic E-state index is 0.139. The summed E-state index contributed by atoms with van der Waals surface area (Å²) in [6, 6.07) is 7.93. The highest BCUT2D eigenvalue weighted by atomic mass is 19.2. The van der Waals surface area contributed by atoms with E-state index in [2.05, 4.69) is 0 Å². The Kier molecular flexibility index (Phi) is 3.59. The fourth-order valence-corrected chi connectivity index (χ4v) is 2.75. The van der Waals surface area contributed by atoms with Gasteiger partial charge in [-0.1, -0.05) is 18.2 Å². The Morgan fingerprint density at radius 1 is 1.14 bits per heavy atom. The topological polar surface area (TPSA) is 29.3 Å². The van der Waals surface area contributed by atoms with Gasteiger partial charge < -0.3 is 10.6 Å². The van der Waals surface area contributed by atoms with Crippen LogP contribution in [0.4, 0.5) is 18.9 Å². The van der Waals surface area contributed by atoms with E-state index in [-0.39, 0.29) is 11.4 Å². The van der Waals surface area contributed by atoms with E-state index in [1.165, 1.54) is 24.3 Å². The molecule has 0 amide bonds. The molecule has 0 saturated carbocycles.